The van der Waals surface area contributed by atoms with E-state index in [-0.39, 0.29) is 5.84 Å². The predicted octanol–water partition coefficient (Wildman–Crippen LogP) is 6.77. The lowest BCUT2D eigenvalue weighted by molar-refractivity contribution is 0.475. The first-order chi connectivity index (χ1) is 14.2. The molecule has 29 heavy (non-hydrogen) atoms. The molecule has 1 aromatic carbocycles. The lowest BCUT2D eigenvalue weighted by Crippen LogP contribution is -2.27. The maximum atomic E-state index is 7.80. The first kappa shape index (κ1) is 21.6. The van der Waals surface area contributed by atoms with E-state index in [1.54, 1.807) is 6.26 Å². The monoisotopic (exact) mass is 395 g/mol. The molecule has 0 atom stereocenters. The summed E-state index contributed by atoms with van der Waals surface area (Å²) >= 11 is 0. The zero-order valence-corrected chi connectivity index (χ0v) is 18.0. The van der Waals surface area contributed by atoms with Crippen LogP contribution in [-0.2, 0) is 11.8 Å². The number of amidine groups is 1. The van der Waals surface area contributed by atoms with Crippen molar-refractivity contribution in [2.45, 2.75) is 95.8 Å². The molecule has 0 spiro atoms. The molecule has 0 aliphatic heterocycles. The lowest BCUT2D eigenvalue weighted by Gasteiger charge is -2.07. The summed E-state index contributed by atoms with van der Waals surface area (Å²) in [6.45, 7) is 2.27. The Morgan fingerprint density at radius 2 is 1.69 bits per heavy atom. The molecule has 1 aliphatic carbocycles. The van der Waals surface area contributed by atoms with Crippen LogP contribution in [0.1, 0.15) is 95.4 Å². The molecule has 4 nitrogen and oxygen atoms in total. The Morgan fingerprint density at radius 1 is 1.03 bits per heavy atom. The quantitative estimate of drug-likeness (QED) is 0.210. The van der Waals surface area contributed by atoms with Crippen LogP contribution in [0.25, 0.3) is 11.3 Å². The molecule has 158 valence electrons. The number of oxazole rings is 1. The fourth-order valence-corrected chi connectivity index (χ4v) is 4.05. The van der Waals surface area contributed by atoms with Crippen molar-refractivity contribution in [1.29, 1.82) is 5.41 Å². The zero-order chi connectivity index (χ0) is 20.5. The van der Waals surface area contributed by atoms with E-state index in [9.17, 15) is 0 Å². The van der Waals surface area contributed by atoms with Gasteiger partial charge in [-0.25, -0.2) is 4.98 Å². The Morgan fingerprint density at radius 3 is 2.31 bits per heavy atom. The number of nitrogens with two attached hydrogens (primary N) is 1. The van der Waals surface area contributed by atoms with E-state index in [1.165, 1.54) is 69.8 Å². The second-order valence-corrected chi connectivity index (χ2v) is 8.67. The average molecular weight is 396 g/mol. The largest absolute Gasteiger partial charge is 0.447 e. The normalized spacial score (nSPS) is 14.8. The van der Waals surface area contributed by atoms with Gasteiger partial charge in [-0.3, -0.25) is 5.41 Å². The van der Waals surface area contributed by atoms with Gasteiger partial charge in [0.2, 0.25) is 5.89 Å². The summed E-state index contributed by atoms with van der Waals surface area (Å²) in [5.74, 6) is 0.765. The van der Waals surface area contributed by atoms with Crippen LogP contribution in [0.15, 0.2) is 34.9 Å². The smallest absolute Gasteiger partial charge is 0.208 e. The lowest BCUT2D eigenvalue weighted by atomic mass is 10.0. The molecule has 0 radical (unpaired) electrons. The van der Waals surface area contributed by atoms with Gasteiger partial charge in [0.25, 0.3) is 0 Å². The second kappa shape index (κ2) is 10.6. The van der Waals surface area contributed by atoms with Gasteiger partial charge < -0.3 is 10.2 Å². The highest BCUT2D eigenvalue weighted by Crippen LogP contribution is 2.48. The molecule has 2 aromatic rings. The number of aromatic nitrogens is 1. The summed E-state index contributed by atoms with van der Waals surface area (Å²) < 4.78 is 5.68. The van der Waals surface area contributed by atoms with Crippen LogP contribution in [-0.4, -0.2) is 10.8 Å². The number of benzene rings is 1. The fourth-order valence-electron chi connectivity index (χ4n) is 4.05. The molecule has 1 saturated carbocycles. The van der Waals surface area contributed by atoms with Gasteiger partial charge in [0.1, 0.15) is 23.2 Å². The molecule has 0 amide bonds. The van der Waals surface area contributed by atoms with E-state index in [0.29, 0.717) is 5.89 Å². The number of rotatable bonds is 14. The van der Waals surface area contributed by atoms with Crippen LogP contribution in [0.5, 0.6) is 0 Å². The molecular formula is C25H37N3O. The molecule has 1 aromatic heterocycles. The third-order valence-electron chi connectivity index (χ3n) is 6.22. The van der Waals surface area contributed by atoms with Crippen molar-refractivity contribution in [3.63, 3.8) is 0 Å². The Labute approximate surface area is 175 Å². The maximum absolute atomic E-state index is 7.80. The highest BCUT2D eigenvalue weighted by Gasteiger charge is 2.52. The predicted molar refractivity (Wildman–Crippen MR) is 120 cm³/mol. The topological polar surface area (TPSA) is 75.9 Å². The minimum atomic E-state index is -0.439. The summed E-state index contributed by atoms with van der Waals surface area (Å²) in [5.41, 5.74) is 8.60. The number of hydrogen-bond donors (Lipinski definition) is 2. The third-order valence-corrected chi connectivity index (χ3v) is 6.22. The van der Waals surface area contributed by atoms with E-state index >= 15 is 0 Å². The number of aryl methyl sites for hydroxylation is 1. The minimum Gasteiger partial charge on any atom is -0.447 e. The first-order valence-electron chi connectivity index (χ1n) is 11.6. The molecule has 1 aliphatic rings. The van der Waals surface area contributed by atoms with E-state index < -0.39 is 5.41 Å². The molecular weight excluding hydrogens is 358 g/mol. The maximum Gasteiger partial charge on any atom is 0.208 e. The van der Waals surface area contributed by atoms with E-state index in [2.05, 4.69) is 36.2 Å². The van der Waals surface area contributed by atoms with Crippen LogP contribution < -0.4 is 5.73 Å². The molecule has 4 heteroatoms. The molecule has 1 heterocycles. The van der Waals surface area contributed by atoms with Crippen molar-refractivity contribution in [2.75, 3.05) is 0 Å². The van der Waals surface area contributed by atoms with E-state index in [0.717, 1.165) is 30.5 Å². The third kappa shape index (κ3) is 5.94. The summed E-state index contributed by atoms with van der Waals surface area (Å²) in [4.78, 5) is 4.65. The van der Waals surface area contributed by atoms with Gasteiger partial charge in [0.15, 0.2) is 0 Å². The minimum absolute atomic E-state index is 0.167. The average Bonchev–Trinajstić information content (AvgIpc) is 3.40. The molecule has 1 fully saturated rings. The number of nitrogens with zero attached hydrogens (tertiary/aromatic N) is 1. The van der Waals surface area contributed by atoms with Gasteiger partial charge in [0.05, 0.1) is 0 Å². The van der Waals surface area contributed by atoms with E-state index in [1.807, 2.05) is 0 Å². The van der Waals surface area contributed by atoms with Crippen molar-refractivity contribution >= 4 is 5.84 Å². The van der Waals surface area contributed by atoms with Gasteiger partial charge in [-0.15, -0.1) is 0 Å². The Kier molecular flexibility index (Phi) is 7.91. The van der Waals surface area contributed by atoms with Crippen LogP contribution in [0, 0.1) is 5.41 Å². The number of hydrogen-bond acceptors (Lipinski definition) is 3. The SMILES string of the molecule is CCCCCCCCCCCCc1cccc(-c2coc(C3(C(=N)N)CC3)n2)c1. The molecule has 3 N–H and O–H groups in total. The van der Waals surface area contributed by atoms with Crippen LogP contribution >= 0.6 is 0 Å². The summed E-state index contributed by atoms with van der Waals surface area (Å²) in [6.07, 6.45) is 18.2. The van der Waals surface area contributed by atoms with Crippen LogP contribution in [0.2, 0.25) is 0 Å². The van der Waals surface area contributed by atoms with Gasteiger partial charge in [-0.05, 0) is 37.3 Å². The van der Waals surface area contributed by atoms with E-state index in [4.69, 9.17) is 15.6 Å². The highest BCUT2D eigenvalue weighted by molar-refractivity contribution is 5.91. The van der Waals surface area contributed by atoms with Gasteiger partial charge >= 0.3 is 0 Å². The molecule has 0 bridgehead atoms. The summed E-state index contributed by atoms with van der Waals surface area (Å²) in [5, 5.41) is 7.80. The fraction of sp³-hybridized carbons (Fsp3) is 0.600. The summed E-state index contributed by atoms with van der Waals surface area (Å²) in [6, 6.07) is 8.61. The highest BCUT2D eigenvalue weighted by atomic mass is 16.3. The van der Waals surface area contributed by atoms with Gasteiger partial charge in [-0.1, -0.05) is 82.9 Å². The molecule has 0 unspecified atom stereocenters. The summed E-state index contributed by atoms with van der Waals surface area (Å²) in [7, 11) is 0. The Bertz CT molecular complexity index is 776. The number of nitrogens with one attached hydrogen (secondary N) is 1. The second-order valence-electron chi connectivity index (χ2n) is 8.67. The number of unbranched alkanes of at least 4 members (excludes halogenated alkanes) is 9. The van der Waals surface area contributed by atoms with Gasteiger partial charge in [-0.2, -0.15) is 0 Å². The standard InChI is InChI=1S/C25H37N3O/c1-2-3-4-5-6-7-8-9-10-11-13-20-14-12-15-21(18-20)22-19-29-24(28-22)25(16-17-25)23(26)27/h12,14-15,18-19H,2-11,13,16-17H2,1H3,(H3,26,27). The van der Waals surface area contributed by atoms with Crippen molar-refractivity contribution in [3.8, 4) is 11.3 Å². The van der Waals surface area contributed by atoms with Crippen molar-refractivity contribution in [1.82, 2.24) is 4.98 Å². The molecule has 0 saturated heterocycles. The van der Waals surface area contributed by atoms with Crippen molar-refractivity contribution in [2.24, 2.45) is 5.73 Å². The first-order valence-corrected chi connectivity index (χ1v) is 11.6. The van der Waals surface area contributed by atoms with Crippen LogP contribution in [0.4, 0.5) is 0 Å². The van der Waals surface area contributed by atoms with Gasteiger partial charge in [0, 0.05) is 5.56 Å². The molecule has 3 rings (SSSR count). The Balaban J connectivity index is 1.40. The Hall–Kier alpha value is -2.10. The van der Waals surface area contributed by atoms with Crippen LogP contribution in [0.3, 0.4) is 0 Å². The van der Waals surface area contributed by atoms with Crippen molar-refractivity contribution < 1.29 is 4.42 Å². The van der Waals surface area contributed by atoms with Crippen molar-refractivity contribution in [3.05, 3.63) is 42.0 Å². The zero-order valence-electron chi connectivity index (χ0n) is 18.0.